The Bertz CT molecular complexity index is 1270. The Balaban J connectivity index is 1.52. The van der Waals surface area contributed by atoms with E-state index in [1.165, 1.54) is 26.0 Å². The monoisotopic (exact) mass is 504 g/mol. The number of rotatable bonds is 10. The van der Waals surface area contributed by atoms with E-state index in [-0.39, 0.29) is 12.5 Å². The molecular formula is C27H28N4O6. The van der Waals surface area contributed by atoms with Crippen LogP contribution in [0, 0.1) is 0 Å². The fourth-order valence-corrected chi connectivity index (χ4v) is 3.19. The molecule has 10 heteroatoms. The van der Waals surface area contributed by atoms with Crippen LogP contribution in [0.15, 0.2) is 71.8 Å². The maximum Gasteiger partial charge on any atom is 0.329 e. The minimum Gasteiger partial charge on any atom is -0.495 e. The molecule has 0 atom stereocenters. The SMILES string of the molecule is CCc1ccc(NC(=O)COc2ccc(/C=N\NC(=O)C(=O)Nc3ccccc3OC)cc2OC)cc1. The van der Waals surface area contributed by atoms with Crippen molar-refractivity contribution < 1.29 is 28.6 Å². The molecular weight excluding hydrogens is 476 g/mol. The van der Waals surface area contributed by atoms with Crippen molar-refractivity contribution in [2.24, 2.45) is 5.10 Å². The van der Waals surface area contributed by atoms with Crippen LogP contribution in [0.3, 0.4) is 0 Å². The summed E-state index contributed by atoms with van der Waals surface area (Å²) in [6.45, 7) is 1.85. The number of nitrogens with zero attached hydrogens (tertiary/aromatic N) is 1. The highest BCUT2D eigenvalue weighted by Crippen LogP contribution is 2.27. The number of hydrogen-bond donors (Lipinski definition) is 3. The van der Waals surface area contributed by atoms with E-state index in [9.17, 15) is 14.4 Å². The van der Waals surface area contributed by atoms with Crippen LogP contribution in [-0.2, 0) is 20.8 Å². The molecule has 10 nitrogen and oxygen atoms in total. The first kappa shape index (κ1) is 26.7. The molecule has 0 heterocycles. The Labute approximate surface area is 214 Å². The number of anilines is 2. The van der Waals surface area contributed by atoms with Gasteiger partial charge in [0.1, 0.15) is 5.75 Å². The van der Waals surface area contributed by atoms with Crippen molar-refractivity contribution in [2.75, 3.05) is 31.5 Å². The highest BCUT2D eigenvalue weighted by atomic mass is 16.5. The summed E-state index contributed by atoms with van der Waals surface area (Å²) in [7, 11) is 2.92. The maximum absolute atomic E-state index is 12.2. The fourth-order valence-electron chi connectivity index (χ4n) is 3.19. The minimum absolute atomic E-state index is 0.212. The second-order valence-corrected chi connectivity index (χ2v) is 7.65. The number of benzene rings is 3. The fraction of sp³-hybridized carbons (Fsp3) is 0.185. The summed E-state index contributed by atoms with van der Waals surface area (Å²) >= 11 is 0. The number of aryl methyl sites for hydroxylation is 1. The molecule has 0 spiro atoms. The summed E-state index contributed by atoms with van der Waals surface area (Å²) in [5.41, 5.74) is 4.95. The first-order valence-corrected chi connectivity index (χ1v) is 11.4. The van der Waals surface area contributed by atoms with Gasteiger partial charge in [0, 0.05) is 5.69 Å². The van der Waals surface area contributed by atoms with Gasteiger partial charge >= 0.3 is 11.8 Å². The predicted molar refractivity (Wildman–Crippen MR) is 140 cm³/mol. The Morgan fingerprint density at radius 2 is 1.57 bits per heavy atom. The van der Waals surface area contributed by atoms with Crippen LogP contribution in [-0.4, -0.2) is 44.8 Å². The van der Waals surface area contributed by atoms with Crippen molar-refractivity contribution in [3.63, 3.8) is 0 Å². The van der Waals surface area contributed by atoms with Crippen LogP contribution in [0.4, 0.5) is 11.4 Å². The summed E-state index contributed by atoms with van der Waals surface area (Å²) in [6, 6.07) is 19.2. The number of carbonyl (C=O) groups excluding carboxylic acids is 3. The Hall–Kier alpha value is -4.86. The average molecular weight is 505 g/mol. The van der Waals surface area contributed by atoms with Gasteiger partial charge in [-0.05, 0) is 60.0 Å². The normalized spacial score (nSPS) is 10.5. The summed E-state index contributed by atoms with van der Waals surface area (Å²) in [5.74, 6) is -1.02. The quantitative estimate of drug-likeness (QED) is 0.221. The Morgan fingerprint density at radius 1 is 0.838 bits per heavy atom. The molecule has 3 N–H and O–H groups in total. The van der Waals surface area contributed by atoms with Gasteiger partial charge in [-0.3, -0.25) is 14.4 Å². The summed E-state index contributed by atoms with van der Waals surface area (Å²) < 4.78 is 16.1. The third kappa shape index (κ3) is 7.82. The molecule has 0 aliphatic heterocycles. The number of nitrogens with one attached hydrogen (secondary N) is 3. The molecule has 37 heavy (non-hydrogen) atoms. The van der Waals surface area contributed by atoms with Crippen molar-refractivity contribution >= 4 is 35.3 Å². The zero-order valence-electron chi connectivity index (χ0n) is 20.7. The zero-order valence-corrected chi connectivity index (χ0v) is 20.7. The summed E-state index contributed by atoms with van der Waals surface area (Å²) in [6.07, 6.45) is 2.26. The van der Waals surface area contributed by atoms with Gasteiger partial charge in [0.2, 0.25) is 0 Å². The lowest BCUT2D eigenvalue weighted by molar-refractivity contribution is -0.136. The number of para-hydroxylation sites is 2. The molecule has 3 aromatic rings. The molecule has 3 amide bonds. The minimum atomic E-state index is -0.954. The van der Waals surface area contributed by atoms with E-state index in [0.717, 1.165) is 6.42 Å². The van der Waals surface area contributed by atoms with Gasteiger partial charge in [0.25, 0.3) is 5.91 Å². The lowest BCUT2D eigenvalue weighted by Gasteiger charge is -2.11. The van der Waals surface area contributed by atoms with Gasteiger partial charge in [0.15, 0.2) is 18.1 Å². The highest BCUT2D eigenvalue weighted by molar-refractivity contribution is 6.39. The number of carbonyl (C=O) groups is 3. The van der Waals surface area contributed by atoms with Crippen molar-refractivity contribution in [2.45, 2.75) is 13.3 Å². The molecule has 192 valence electrons. The van der Waals surface area contributed by atoms with E-state index in [1.807, 2.05) is 24.3 Å². The lowest BCUT2D eigenvalue weighted by Crippen LogP contribution is -2.32. The van der Waals surface area contributed by atoms with E-state index in [0.29, 0.717) is 34.2 Å². The highest BCUT2D eigenvalue weighted by Gasteiger charge is 2.15. The van der Waals surface area contributed by atoms with Gasteiger partial charge in [0.05, 0.1) is 26.1 Å². The molecule has 0 aliphatic rings. The summed E-state index contributed by atoms with van der Waals surface area (Å²) in [5, 5.41) is 9.04. The van der Waals surface area contributed by atoms with Gasteiger partial charge in [-0.15, -0.1) is 0 Å². The average Bonchev–Trinajstić information content (AvgIpc) is 2.92. The van der Waals surface area contributed by atoms with Crippen LogP contribution in [0.2, 0.25) is 0 Å². The third-order valence-electron chi connectivity index (χ3n) is 5.13. The van der Waals surface area contributed by atoms with E-state index in [2.05, 4.69) is 28.1 Å². The molecule has 0 aromatic heterocycles. The Kier molecular flexibility index (Phi) is 9.60. The smallest absolute Gasteiger partial charge is 0.329 e. The van der Waals surface area contributed by atoms with E-state index >= 15 is 0 Å². The van der Waals surface area contributed by atoms with Crippen LogP contribution in [0.5, 0.6) is 17.2 Å². The zero-order chi connectivity index (χ0) is 26.6. The van der Waals surface area contributed by atoms with Crippen molar-refractivity contribution in [3.8, 4) is 17.2 Å². The molecule has 3 aromatic carbocycles. The van der Waals surface area contributed by atoms with E-state index in [1.54, 1.807) is 42.5 Å². The molecule has 0 unspecified atom stereocenters. The first-order valence-electron chi connectivity index (χ1n) is 11.4. The molecule has 0 saturated carbocycles. The standard InChI is InChI=1S/C27H28N4O6/c1-4-18-9-12-20(13-10-18)29-25(32)17-37-23-14-11-19(15-24(23)36-3)16-28-31-27(34)26(33)30-21-7-5-6-8-22(21)35-2/h5-16H,4,17H2,1-3H3,(H,29,32)(H,30,33)(H,31,34)/b28-16-. The van der Waals surface area contributed by atoms with Gasteiger partial charge < -0.3 is 24.8 Å². The second kappa shape index (κ2) is 13.3. The number of amides is 3. The maximum atomic E-state index is 12.2. The molecule has 0 saturated heterocycles. The second-order valence-electron chi connectivity index (χ2n) is 7.65. The first-order chi connectivity index (χ1) is 17.9. The largest absolute Gasteiger partial charge is 0.495 e. The van der Waals surface area contributed by atoms with Crippen LogP contribution < -0.4 is 30.3 Å². The summed E-state index contributed by atoms with van der Waals surface area (Å²) in [4.78, 5) is 36.4. The van der Waals surface area contributed by atoms with Crippen LogP contribution in [0.25, 0.3) is 0 Å². The van der Waals surface area contributed by atoms with Crippen LogP contribution in [0.1, 0.15) is 18.1 Å². The van der Waals surface area contributed by atoms with Gasteiger partial charge in [-0.25, -0.2) is 5.43 Å². The predicted octanol–water partition coefficient (Wildman–Crippen LogP) is 3.37. The van der Waals surface area contributed by atoms with Gasteiger partial charge in [-0.1, -0.05) is 31.2 Å². The number of hydrazone groups is 1. The third-order valence-corrected chi connectivity index (χ3v) is 5.13. The van der Waals surface area contributed by atoms with Crippen molar-refractivity contribution in [1.82, 2.24) is 5.43 Å². The number of hydrogen-bond acceptors (Lipinski definition) is 7. The van der Waals surface area contributed by atoms with Crippen molar-refractivity contribution in [1.29, 1.82) is 0 Å². The number of methoxy groups -OCH3 is 2. The van der Waals surface area contributed by atoms with Crippen molar-refractivity contribution in [3.05, 3.63) is 77.9 Å². The molecule has 3 rings (SSSR count). The molecule has 0 radical (unpaired) electrons. The number of ether oxygens (including phenoxy) is 3. The topological polar surface area (TPSA) is 127 Å². The lowest BCUT2D eigenvalue weighted by atomic mass is 10.1. The van der Waals surface area contributed by atoms with Gasteiger partial charge in [-0.2, -0.15) is 5.10 Å². The van der Waals surface area contributed by atoms with Crippen LogP contribution >= 0.6 is 0 Å². The Morgan fingerprint density at radius 3 is 2.27 bits per heavy atom. The molecule has 0 aliphatic carbocycles. The molecule has 0 fully saturated rings. The van der Waals surface area contributed by atoms with E-state index in [4.69, 9.17) is 14.2 Å². The molecule has 0 bridgehead atoms. The van der Waals surface area contributed by atoms with E-state index < -0.39 is 11.8 Å².